The Bertz CT molecular complexity index is 365. The van der Waals surface area contributed by atoms with Gasteiger partial charge in [-0.2, -0.15) is 0 Å². The Labute approximate surface area is 103 Å². The summed E-state index contributed by atoms with van der Waals surface area (Å²) in [5.74, 6) is 2.23. The van der Waals surface area contributed by atoms with Gasteiger partial charge in [-0.1, -0.05) is 32.9 Å². The van der Waals surface area contributed by atoms with E-state index in [4.69, 9.17) is 9.47 Å². The van der Waals surface area contributed by atoms with E-state index in [-0.39, 0.29) is 6.10 Å². The average Bonchev–Trinajstić information content (AvgIpc) is 2.35. The van der Waals surface area contributed by atoms with E-state index in [1.54, 1.807) is 0 Å². The Morgan fingerprint density at radius 2 is 2.00 bits per heavy atom. The first kappa shape index (κ1) is 12.2. The van der Waals surface area contributed by atoms with Crippen LogP contribution in [0.25, 0.3) is 0 Å². The summed E-state index contributed by atoms with van der Waals surface area (Å²) >= 11 is 0. The zero-order valence-electron chi connectivity index (χ0n) is 10.8. The number of rotatable bonds is 4. The van der Waals surface area contributed by atoms with Gasteiger partial charge >= 0.3 is 0 Å². The van der Waals surface area contributed by atoms with Crippen LogP contribution in [0.15, 0.2) is 24.3 Å². The van der Waals surface area contributed by atoms with Gasteiger partial charge in [0.25, 0.3) is 0 Å². The van der Waals surface area contributed by atoms with Gasteiger partial charge in [0.2, 0.25) is 0 Å². The molecule has 0 spiro atoms. The molecule has 0 aromatic heterocycles. The van der Waals surface area contributed by atoms with Crippen molar-refractivity contribution < 1.29 is 9.47 Å². The van der Waals surface area contributed by atoms with Crippen LogP contribution in [0.3, 0.4) is 0 Å². The fourth-order valence-corrected chi connectivity index (χ4v) is 2.24. The van der Waals surface area contributed by atoms with Gasteiger partial charge in [0.15, 0.2) is 11.5 Å². The van der Waals surface area contributed by atoms with E-state index in [9.17, 15) is 0 Å². The Morgan fingerprint density at radius 3 is 2.65 bits per heavy atom. The van der Waals surface area contributed by atoms with Crippen LogP contribution in [0, 0.1) is 5.92 Å². The molecule has 1 heterocycles. The van der Waals surface area contributed by atoms with Gasteiger partial charge in [-0.15, -0.1) is 0 Å². The fraction of sp³-hybridized carbons (Fsp3) is 0.571. The van der Waals surface area contributed by atoms with E-state index in [0.717, 1.165) is 18.0 Å². The number of fused-ring (bicyclic) bond motifs is 1. The molecule has 1 aromatic carbocycles. The zero-order chi connectivity index (χ0) is 12.3. The van der Waals surface area contributed by atoms with Gasteiger partial charge < -0.3 is 14.8 Å². The molecule has 0 saturated heterocycles. The first-order valence-electron chi connectivity index (χ1n) is 6.34. The Hall–Kier alpha value is -1.22. The molecule has 0 saturated carbocycles. The fourth-order valence-electron chi connectivity index (χ4n) is 2.24. The molecule has 2 atom stereocenters. The number of ether oxygens (including phenoxy) is 2. The summed E-state index contributed by atoms with van der Waals surface area (Å²) in [6, 6.07) is 8.18. The van der Waals surface area contributed by atoms with Crippen LogP contribution in [-0.2, 0) is 0 Å². The molecule has 0 fully saturated rings. The minimum Gasteiger partial charge on any atom is -0.486 e. The van der Waals surface area contributed by atoms with Crippen molar-refractivity contribution in [3.8, 4) is 11.5 Å². The van der Waals surface area contributed by atoms with Crippen LogP contribution < -0.4 is 14.8 Å². The molecular formula is C14H21NO2. The lowest BCUT2D eigenvalue weighted by Gasteiger charge is -2.34. The maximum absolute atomic E-state index is 6.02. The number of para-hydroxylation sites is 2. The molecule has 94 valence electrons. The van der Waals surface area contributed by atoms with E-state index in [1.807, 2.05) is 24.3 Å². The second-order valence-electron chi connectivity index (χ2n) is 4.74. The number of likely N-dealkylation sites (N-methyl/N-ethyl adjacent to an activating group) is 1. The molecule has 1 aliphatic rings. The van der Waals surface area contributed by atoms with Crippen LogP contribution in [0.2, 0.25) is 0 Å². The summed E-state index contributed by atoms with van der Waals surface area (Å²) in [6.45, 7) is 8.10. The second-order valence-corrected chi connectivity index (χ2v) is 4.74. The van der Waals surface area contributed by atoms with Crippen molar-refractivity contribution in [2.45, 2.75) is 32.9 Å². The van der Waals surface area contributed by atoms with Crippen molar-refractivity contribution in [1.29, 1.82) is 0 Å². The average molecular weight is 235 g/mol. The first-order chi connectivity index (χ1) is 8.22. The summed E-state index contributed by atoms with van der Waals surface area (Å²) in [7, 11) is 0. The minimum absolute atomic E-state index is 0.0878. The minimum atomic E-state index is 0.0878. The summed E-state index contributed by atoms with van der Waals surface area (Å²) in [4.78, 5) is 0. The quantitative estimate of drug-likeness (QED) is 0.869. The molecule has 0 amide bonds. The van der Waals surface area contributed by atoms with Crippen molar-refractivity contribution >= 4 is 0 Å². The van der Waals surface area contributed by atoms with E-state index >= 15 is 0 Å². The molecule has 0 bridgehead atoms. The summed E-state index contributed by atoms with van der Waals surface area (Å²) < 4.78 is 11.8. The van der Waals surface area contributed by atoms with Crippen molar-refractivity contribution in [1.82, 2.24) is 5.32 Å². The summed E-state index contributed by atoms with van der Waals surface area (Å²) in [5.41, 5.74) is 0. The highest BCUT2D eigenvalue weighted by Crippen LogP contribution is 2.32. The SMILES string of the molecule is CCNC(C(C)C)C1COc2ccccc2O1. The smallest absolute Gasteiger partial charge is 0.161 e. The summed E-state index contributed by atoms with van der Waals surface area (Å²) in [5, 5.41) is 3.48. The predicted molar refractivity (Wildman–Crippen MR) is 68.7 cm³/mol. The first-order valence-corrected chi connectivity index (χ1v) is 6.34. The van der Waals surface area contributed by atoms with E-state index in [0.29, 0.717) is 18.6 Å². The molecule has 17 heavy (non-hydrogen) atoms. The molecule has 2 unspecified atom stereocenters. The normalized spacial score (nSPS) is 20.4. The lowest BCUT2D eigenvalue weighted by atomic mass is 9.98. The maximum atomic E-state index is 6.02. The molecular weight excluding hydrogens is 214 g/mol. The Kier molecular flexibility index (Phi) is 3.89. The van der Waals surface area contributed by atoms with Gasteiger partial charge in [-0.25, -0.2) is 0 Å². The Balaban J connectivity index is 2.10. The third kappa shape index (κ3) is 2.72. The molecule has 1 N–H and O–H groups in total. The molecule has 3 heteroatoms. The number of benzene rings is 1. The molecule has 3 nitrogen and oxygen atoms in total. The van der Waals surface area contributed by atoms with Crippen LogP contribution >= 0.6 is 0 Å². The van der Waals surface area contributed by atoms with Crippen molar-refractivity contribution in [2.24, 2.45) is 5.92 Å². The largest absolute Gasteiger partial charge is 0.486 e. The van der Waals surface area contributed by atoms with Crippen LogP contribution in [0.4, 0.5) is 0 Å². The zero-order valence-corrected chi connectivity index (χ0v) is 10.8. The highest BCUT2D eigenvalue weighted by atomic mass is 16.6. The van der Waals surface area contributed by atoms with Gasteiger partial charge in [-0.3, -0.25) is 0 Å². The standard InChI is InChI=1S/C14H21NO2/c1-4-15-14(10(2)3)13-9-16-11-7-5-6-8-12(11)17-13/h5-8,10,13-15H,4,9H2,1-3H3. The molecule has 0 aliphatic carbocycles. The number of hydrogen-bond acceptors (Lipinski definition) is 3. The highest BCUT2D eigenvalue weighted by molar-refractivity contribution is 5.40. The summed E-state index contributed by atoms with van der Waals surface area (Å²) in [6.07, 6.45) is 0.0878. The van der Waals surface area contributed by atoms with Gasteiger partial charge in [0.1, 0.15) is 12.7 Å². The lowest BCUT2D eigenvalue weighted by Crippen LogP contribution is -2.50. The lowest BCUT2D eigenvalue weighted by molar-refractivity contribution is 0.0491. The topological polar surface area (TPSA) is 30.5 Å². The molecule has 1 aliphatic heterocycles. The van der Waals surface area contributed by atoms with Gasteiger partial charge in [0, 0.05) is 6.04 Å². The van der Waals surface area contributed by atoms with Crippen LogP contribution in [0.1, 0.15) is 20.8 Å². The van der Waals surface area contributed by atoms with Crippen molar-refractivity contribution in [3.63, 3.8) is 0 Å². The number of nitrogens with one attached hydrogen (secondary N) is 1. The van der Waals surface area contributed by atoms with Gasteiger partial charge in [0.05, 0.1) is 0 Å². The highest BCUT2D eigenvalue weighted by Gasteiger charge is 2.30. The third-order valence-corrected chi connectivity index (χ3v) is 3.09. The third-order valence-electron chi connectivity index (χ3n) is 3.09. The maximum Gasteiger partial charge on any atom is 0.161 e. The van der Waals surface area contributed by atoms with Crippen LogP contribution in [-0.4, -0.2) is 25.3 Å². The molecule has 1 aromatic rings. The monoisotopic (exact) mass is 235 g/mol. The van der Waals surface area contributed by atoms with E-state index < -0.39 is 0 Å². The van der Waals surface area contributed by atoms with Gasteiger partial charge in [-0.05, 0) is 24.6 Å². The molecule has 0 radical (unpaired) electrons. The second kappa shape index (κ2) is 5.41. The molecule has 2 rings (SSSR count). The predicted octanol–water partition coefficient (Wildman–Crippen LogP) is 2.46. The van der Waals surface area contributed by atoms with E-state index in [2.05, 4.69) is 26.1 Å². The number of hydrogen-bond donors (Lipinski definition) is 1. The van der Waals surface area contributed by atoms with Crippen LogP contribution in [0.5, 0.6) is 11.5 Å². The Morgan fingerprint density at radius 1 is 1.29 bits per heavy atom. The van der Waals surface area contributed by atoms with Crippen molar-refractivity contribution in [2.75, 3.05) is 13.2 Å². The van der Waals surface area contributed by atoms with E-state index in [1.165, 1.54) is 0 Å². The van der Waals surface area contributed by atoms with Crippen molar-refractivity contribution in [3.05, 3.63) is 24.3 Å².